The number of aromatic nitrogens is 1. The van der Waals surface area contributed by atoms with Crippen LogP contribution < -0.4 is 9.47 Å². The summed E-state index contributed by atoms with van der Waals surface area (Å²) in [6.07, 6.45) is 14.2. The van der Waals surface area contributed by atoms with Crippen LogP contribution in [0.5, 0.6) is 0 Å². The summed E-state index contributed by atoms with van der Waals surface area (Å²) in [5.41, 5.74) is 3.96. The van der Waals surface area contributed by atoms with Gasteiger partial charge in [-0.1, -0.05) is 58.2 Å². The highest BCUT2D eigenvalue weighted by atomic mass is 15.1. The van der Waals surface area contributed by atoms with Crippen LogP contribution in [0.25, 0.3) is 12.2 Å². The molecule has 0 N–H and O–H groups in total. The molecule has 2 aromatic rings. The van der Waals surface area contributed by atoms with Gasteiger partial charge >= 0.3 is 0 Å². The van der Waals surface area contributed by atoms with Crippen molar-refractivity contribution >= 4 is 17.8 Å². The smallest absolute Gasteiger partial charge is 0.205 e. The Bertz CT molecular complexity index is 682. The summed E-state index contributed by atoms with van der Waals surface area (Å²) < 4.78 is 2.36. The molecule has 2 rings (SSSR count). The van der Waals surface area contributed by atoms with Crippen LogP contribution in [0, 0.1) is 0 Å². The molecule has 0 aliphatic rings. The zero-order valence-electron chi connectivity index (χ0n) is 17.5. The molecule has 0 saturated heterocycles. The van der Waals surface area contributed by atoms with Crippen molar-refractivity contribution < 1.29 is 4.57 Å². The van der Waals surface area contributed by atoms with E-state index in [4.69, 9.17) is 0 Å². The quantitative estimate of drug-likeness (QED) is 0.397. The van der Waals surface area contributed by atoms with Crippen LogP contribution in [-0.2, 0) is 6.54 Å². The Morgan fingerprint density at radius 1 is 0.778 bits per heavy atom. The molecular formula is C25H37N2+. The van der Waals surface area contributed by atoms with E-state index < -0.39 is 0 Å². The predicted octanol–water partition coefficient (Wildman–Crippen LogP) is 6.35. The first-order valence-electron chi connectivity index (χ1n) is 10.8. The summed E-state index contributed by atoms with van der Waals surface area (Å²) in [6, 6.07) is 15.3. The Morgan fingerprint density at radius 2 is 1.44 bits per heavy atom. The Hall–Kier alpha value is -2.09. The molecule has 146 valence electrons. The van der Waals surface area contributed by atoms with E-state index in [0.29, 0.717) is 0 Å². The Kier molecular flexibility index (Phi) is 9.68. The van der Waals surface area contributed by atoms with Crippen LogP contribution in [0.4, 0.5) is 5.69 Å². The number of benzene rings is 1. The summed E-state index contributed by atoms with van der Waals surface area (Å²) >= 11 is 0. The van der Waals surface area contributed by atoms with Gasteiger partial charge in [-0.2, -0.15) is 4.57 Å². The van der Waals surface area contributed by atoms with Crippen molar-refractivity contribution in [3.63, 3.8) is 0 Å². The SMILES string of the molecule is CCCCN(CCCC)c1ccccc1C=Cc1cccc[n+]1CCCC. The molecule has 2 nitrogen and oxygen atoms in total. The third kappa shape index (κ3) is 6.86. The summed E-state index contributed by atoms with van der Waals surface area (Å²) in [6.45, 7) is 10.2. The summed E-state index contributed by atoms with van der Waals surface area (Å²) in [5.74, 6) is 0. The van der Waals surface area contributed by atoms with Crippen molar-refractivity contribution in [3.8, 4) is 0 Å². The van der Waals surface area contributed by atoms with Crippen LogP contribution >= 0.6 is 0 Å². The van der Waals surface area contributed by atoms with Crippen molar-refractivity contribution in [1.29, 1.82) is 0 Å². The number of rotatable bonds is 12. The van der Waals surface area contributed by atoms with Crippen molar-refractivity contribution in [2.45, 2.75) is 65.8 Å². The number of nitrogens with zero attached hydrogens (tertiary/aromatic N) is 2. The maximum absolute atomic E-state index is 2.57. The number of anilines is 1. The van der Waals surface area contributed by atoms with Crippen LogP contribution in [0.1, 0.15) is 70.6 Å². The van der Waals surface area contributed by atoms with Gasteiger partial charge in [0.25, 0.3) is 0 Å². The van der Waals surface area contributed by atoms with Gasteiger partial charge in [-0.15, -0.1) is 0 Å². The minimum atomic E-state index is 1.08. The van der Waals surface area contributed by atoms with Gasteiger partial charge in [0.15, 0.2) is 6.20 Å². The van der Waals surface area contributed by atoms with E-state index in [-0.39, 0.29) is 0 Å². The lowest BCUT2D eigenvalue weighted by Crippen LogP contribution is -2.36. The van der Waals surface area contributed by atoms with Gasteiger partial charge < -0.3 is 4.90 Å². The van der Waals surface area contributed by atoms with Crippen molar-refractivity contribution in [3.05, 3.63) is 59.9 Å². The lowest BCUT2D eigenvalue weighted by molar-refractivity contribution is -0.699. The molecule has 27 heavy (non-hydrogen) atoms. The second-order valence-corrected chi connectivity index (χ2v) is 7.26. The fraction of sp³-hybridized carbons (Fsp3) is 0.480. The van der Waals surface area contributed by atoms with Crippen molar-refractivity contribution in [2.75, 3.05) is 18.0 Å². The fourth-order valence-electron chi connectivity index (χ4n) is 3.32. The standard InChI is InChI=1S/C25H37N2/c1-4-7-19-26-22-13-12-15-24(26)18-17-23-14-10-11-16-25(23)27(20-8-5-2)21-9-6-3/h10-18,22H,4-9,19-21H2,1-3H3/q+1. The molecule has 0 fully saturated rings. The molecule has 0 aliphatic heterocycles. The largest absolute Gasteiger partial charge is 0.371 e. The Labute approximate surface area is 166 Å². The first-order chi connectivity index (χ1) is 13.3. The van der Waals surface area contributed by atoms with E-state index in [1.165, 1.54) is 55.5 Å². The number of para-hydroxylation sites is 1. The van der Waals surface area contributed by atoms with Crippen LogP contribution in [0.3, 0.4) is 0 Å². The molecular weight excluding hydrogens is 328 g/mol. The number of pyridine rings is 1. The first kappa shape index (κ1) is 21.2. The molecule has 0 unspecified atom stereocenters. The Balaban J connectivity index is 2.25. The second-order valence-electron chi connectivity index (χ2n) is 7.26. The zero-order valence-corrected chi connectivity index (χ0v) is 17.5. The lowest BCUT2D eigenvalue weighted by atomic mass is 10.1. The van der Waals surface area contributed by atoms with E-state index in [1.54, 1.807) is 0 Å². The monoisotopic (exact) mass is 365 g/mol. The first-order valence-corrected chi connectivity index (χ1v) is 10.8. The van der Waals surface area contributed by atoms with E-state index in [0.717, 1.165) is 19.6 Å². The third-order valence-electron chi connectivity index (χ3n) is 5.00. The van der Waals surface area contributed by atoms with E-state index in [1.807, 2.05) is 0 Å². The average molecular weight is 366 g/mol. The van der Waals surface area contributed by atoms with Crippen LogP contribution in [0.2, 0.25) is 0 Å². The highest BCUT2D eigenvalue weighted by Gasteiger charge is 2.10. The summed E-state index contributed by atoms with van der Waals surface area (Å²) in [5, 5.41) is 0. The minimum absolute atomic E-state index is 1.08. The molecule has 2 heteroatoms. The van der Waals surface area contributed by atoms with Crippen LogP contribution in [0.15, 0.2) is 48.7 Å². The van der Waals surface area contributed by atoms with Crippen molar-refractivity contribution in [1.82, 2.24) is 0 Å². The van der Waals surface area contributed by atoms with Crippen LogP contribution in [-0.4, -0.2) is 13.1 Å². The molecule has 0 aliphatic carbocycles. The molecule has 0 atom stereocenters. The predicted molar refractivity (Wildman–Crippen MR) is 119 cm³/mol. The number of unbranched alkanes of at least 4 members (excludes halogenated alkanes) is 3. The van der Waals surface area contributed by atoms with E-state index in [9.17, 15) is 0 Å². The molecule has 1 aromatic heterocycles. The highest BCUT2D eigenvalue weighted by Crippen LogP contribution is 2.23. The Morgan fingerprint density at radius 3 is 2.15 bits per heavy atom. The average Bonchev–Trinajstić information content (AvgIpc) is 2.72. The molecule has 0 bridgehead atoms. The summed E-state index contributed by atoms with van der Waals surface area (Å²) in [4.78, 5) is 2.57. The number of hydrogen-bond donors (Lipinski definition) is 0. The van der Waals surface area contributed by atoms with Gasteiger partial charge in [-0.25, -0.2) is 0 Å². The second kappa shape index (κ2) is 12.3. The molecule has 0 saturated carbocycles. The fourth-order valence-corrected chi connectivity index (χ4v) is 3.32. The summed E-state index contributed by atoms with van der Waals surface area (Å²) in [7, 11) is 0. The molecule has 0 spiro atoms. The van der Waals surface area contributed by atoms with Gasteiger partial charge in [-0.05, 0) is 36.6 Å². The minimum Gasteiger partial charge on any atom is -0.371 e. The highest BCUT2D eigenvalue weighted by molar-refractivity contribution is 5.75. The maximum atomic E-state index is 2.57. The van der Waals surface area contributed by atoms with E-state index in [2.05, 4.69) is 91.1 Å². The molecule has 1 aromatic carbocycles. The normalized spacial score (nSPS) is 11.2. The van der Waals surface area contributed by atoms with Gasteiger partial charge in [0, 0.05) is 43.4 Å². The van der Waals surface area contributed by atoms with Gasteiger partial charge in [-0.3, -0.25) is 0 Å². The molecule has 0 radical (unpaired) electrons. The lowest BCUT2D eigenvalue weighted by Gasteiger charge is -2.26. The van der Waals surface area contributed by atoms with Gasteiger partial charge in [0.2, 0.25) is 5.69 Å². The van der Waals surface area contributed by atoms with E-state index >= 15 is 0 Å². The van der Waals surface area contributed by atoms with Crippen molar-refractivity contribution in [2.24, 2.45) is 0 Å². The molecule has 1 heterocycles. The number of hydrogen-bond acceptors (Lipinski definition) is 1. The van der Waals surface area contributed by atoms with Gasteiger partial charge in [0.1, 0.15) is 6.54 Å². The third-order valence-corrected chi connectivity index (χ3v) is 5.00. The molecule has 0 amide bonds. The number of aryl methyl sites for hydroxylation is 1. The topological polar surface area (TPSA) is 7.12 Å². The zero-order chi connectivity index (χ0) is 19.3. The van der Waals surface area contributed by atoms with Gasteiger partial charge in [0.05, 0.1) is 0 Å². The maximum Gasteiger partial charge on any atom is 0.205 e.